The van der Waals surface area contributed by atoms with Gasteiger partial charge in [-0.05, 0) is 36.8 Å². The number of hydrogen-bond acceptors (Lipinski definition) is 2. The highest BCUT2D eigenvalue weighted by atomic mass is 35.5. The number of aryl methyl sites for hydroxylation is 1. The van der Waals surface area contributed by atoms with Crippen LogP contribution in [0.1, 0.15) is 12.0 Å². The number of hydrogen-bond donors (Lipinski definition) is 1. The fourth-order valence-electron chi connectivity index (χ4n) is 2.76. The predicted octanol–water partition coefficient (Wildman–Crippen LogP) is 4.29. The Morgan fingerprint density at radius 2 is 1.96 bits per heavy atom. The second-order valence-corrected chi connectivity index (χ2v) is 6.62. The zero-order valence-corrected chi connectivity index (χ0v) is 14.6. The number of nitrogens with one attached hydrogen (secondary N) is 1. The molecular formula is C18H16Cl2N2O2. The lowest BCUT2D eigenvalue weighted by atomic mass is 10.1. The minimum Gasteiger partial charge on any atom is -0.324 e. The van der Waals surface area contributed by atoms with Crippen molar-refractivity contribution in [1.29, 1.82) is 0 Å². The van der Waals surface area contributed by atoms with Crippen molar-refractivity contribution in [2.45, 2.75) is 13.3 Å². The average molecular weight is 363 g/mol. The van der Waals surface area contributed by atoms with Crippen molar-refractivity contribution < 1.29 is 9.59 Å². The van der Waals surface area contributed by atoms with Crippen LogP contribution in [0.4, 0.5) is 11.4 Å². The van der Waals surface area contributed by atoms with Crippen LogP contribution in [0.2, 0.25) is 10.0 Å². The Balaban J connectivity index is 1.73. The minimum absolute atomic E-state index is 0.0575. The molecule has 124 valence electrons. The summed E-state index contributed by atoms with van der Waals surface area (Å²) < 4.78 is 0. The average Bonchev–Trinajstić information content (AvgIpc) is 2.94. The molecule has 4 nitrogen and oxygen atoms in total. The van der Waals surface area contributed by atoms with Crippen molar-refractivity contribution in [3.05, 3.63) is 58.1 Å². The van der Waals surface area contributed by atoms with E-state index in [4.69, 9.17) is 23.2 Å². The predicted molar refractivity (Wildman–Crippen MR) is 96.7 cm³/mol. The van der Waals surface area contributed by atoms with Crippen LogP contribution >= 0.6 is 23.2 Å². The van der Waals surface area contributed by atoms with Crippen molar-refractivity contribution in [3.8, 4) is 0 Å². The molecule has 1 N–H and O–H groups in total. The lowest BCUT2D eigenvalue weighted by Gasteiger charge is -2.17. The van der Waals surface area contributed by atoms with Gasteiger partial charge in [-0.1, -0.05) is 41.4 Å². The molecule has 1 aliphatic rings. The van der Waals surface area contributed by atoms with Gasteiger partial charge in [0.15, 0.2) is 0 Å². The first-order valence-corrected chi connectivity index (χ1v) is 8.33. The van der Waals surface area contributed by atoms with Gasteiger partial charge in [-0.15, -0.1) is 0 Å². The first-order valence-electron chi connectivity index (χ1n) is 7.57. The van der Waals surface area contributed by atoms with Gasteiger partial charge in [0, 0.05) is 18.7 Å². The number of carbonyl (C=O) groups excluding carboxylic acids is 2. The first kappa shape index (κ1) is 16.8. The smallest absolute Gasteiger partial charge is 0.229 e. The third kappa shape index (κ3) is 3.40. The van der Waals surface area contributed by atoms with Crippen LogP contribution in [0.3, 0.4) is 0 Å². The van der Waals surface area contributed by atoms with Crippen LogP contribution in [-0.2, 0) is 9.59 Å². The standard InChI is InChI=1S/C18H16Cl2N2O2/c1-11-4-2-5-13(8-11)22-10-12(9-16(22)23)18(24)21-15-7-3-6-14(19)17(15)20/h2-8,12H,9-10H2,1H3,(H,21,24)/t12-/m0/s1. The lowest BCUT2D eigenvalue weighted by Crippen LogP contribution is -2.28. The Morgan fingerprint density at radius 3 is 2.71 bits per heavy atom. The van der Waals surface area contributed by atoms with Crippen LogP contribution in [0.5, 0.6) is 0 Å². The van der Waals surface area contributed by atoms with E-state index in [0.717, 1.165) is 11.3 Å². The molecule has 0 unspecified atom stereocenters. The molecule has 1 aliphatic heterocycles. The van der Waals surface area contributed by atoms with E-state index in [2.05, 4.69) is 5.32 Å². The summed E-state index contributed by atoms with van der Waals surface area (Å²) in [6.07, 6.45) is 0.179. The van der Waals surface area contributed by atoms with Crippen molar-refractivity contribution in [2.24, 2.45) is 5.92 Å². The number of carbonyl (C=O) groups is 2. The molecular weight excluding hydrogens is 347 g/mol. The van der Waals surface area contributed by atoms with E-state index < -0.39 is 5.92 Å². The van der Waals surface area contributed by atoms with Crippen LogP contribution in [0, 0.1) is 12.8 Å². The van der Waals surface area contributed by atoms with Crippen LogP contribution in [-0.4, -0.2) is 18.4 Å². The monoisotopic (exact) mass is 362 g/mol. The Kier molecular flexibility index (Phi) is 4.78. The minimum atomic E-state index is -0.423. The molecule has 3 rings (SSSR count). The maximum atomic E-state index is 12.5. The number of anilines is 2. The van der Waals surface area contributed by atoms with E-state index in [1.54, 1.807) is 23.1 Å². The molecule has 0 aromatic heterocycles. The van der Waals surface area contributed by atoms with E-state index in [-0.39, 0.29) is 18.2 Å². The lowest BCUT2D eigenvalue weighted by molar-refractivity contribution is -0.122. The van der Waals surface area contributed by atoms with E-state index in [9.17, 15) is 9.59 Å². The Bertz CT molecular complexity index is 807. The summed E-state index contributed by atoms with van der Waals surface area (Å²) in [6, 6.07) is 12.7. The topological polar surface area (TPSA) is 49.4 Å². The van der Waals surface area contributed by atoms with Gasteiger partial charge in [0.1, 0.15) is 0 Å². The van der Waals surface area contributed by atoms with Crippen LogP contribution < -0.4 is 10.2 Å². The molecule has 0 bridgehead atoms. The quantitative estimate of drug-likeness (QED) is 0.884. The molecule has 0 radical (unpaired) electrons. The van der Waals surface area contributed by atoms with Gasteiger partial charge < -0.3 is 10.2 Å². The molecule has 1 atom stereocenters. The van der Waals surface area contributed by atoms with Gasteiger partial charge in [-0.25, -0.2) is 0 Å². The molecule has 6 heteroatoms. The third-order valence-corrected chi connectivity index (χ3v) is 4.84. The molecule has 2 aromatic rings. The number of nitrogens with zero attached hydrogens (tertiary/aromatic N) is 1. The molecule has 24 heavy (non-hydrogen) atoms. The molecule has 0 saturated carbocycles. The number of halogens is 2. The summed E-state index contributed by atoms with van der Waals surface area (Å²) in [5.41, 5.74) is 2.34. The maximum absolute atomic E-state index is 12.5. The number of rotatable bonds is 3. The second-order valence-electron chi connectivity index (χ2n) is 5.84. The van der Waals surface area contributed by atoms with E-state index >= 15 is 0 Å². The summed E-state index contributed by atoms with van der Waals surface area (Å²) in [5, 5.41) is 3.43. The highest BCUT2D eigenvalue weighted by molar-refractivity contribution is 6.44. The van der Waals surface area contributed by atoms with Crippen molar-refractivity contribution in [3.63, 3.8) is 0 Å². The Morgan fingerprint density at radius 1 is 1.21 bits per heavy atom. The first-order chi connectivity index (χ1) is 11.5. The summed E-state index contributed by atoms with van der Waals surface area (Å²) in [6.45, 7) is 2.32. The van der Waals surface area contributed by atoms with Crippen LogP contribution in [0.15, 0.2) is 42.5 Å². The van der Waals surface area contributed by atoms with Gasteiger partial charge in [-0.3, -0.25) is 9.59 Å². The number of amides is 2. The Labute approximate surface area is 150 Å². The summed E-state index contributed by atoms with van der Waals surface area (Å²) in [4.78, 5) is 26.4. The summed E-state index contributed by atoms with van der Waals surface area (Å²) >= 11 is 12.0. The molecule has 1 heterocycles. The molecule has 1 saturated heterocycles. The molecule has 1 fully saturated rings. The van der Waals surface area contributed by atoms with Gasteiger partial charge >= 0.3 is 0 Å². The van der Waals surface area contributed by atoms with E-state index in [0.29, 0.717) is 22.3 Å². The number of benzene rings is 2. The van der Waals surface area contributed by atoms with E-state index in [1.807, 2.05) is 31.2 Å². The zero-order valence-electron chi connectivity index (χ0n) is 13.1. The molecule has 2 amide bonds. The van der Waals surface area contributed by atoms with Crippen molar-refractivity contribution in [2.75, 3.05) is 16.8 Å². The molecule has 0 aliphatic carbocycles. The SMILES string of the molecule is Cc1cccc(N2C[C@@H](C(=O)Nc3cccc(Cl)c3Cl)CC2=O)c1. The normalized spacial score (nSPS) is 17.2. The van der Waals surface area contributed by atoms with Crippen molar-refractivity contribution >= 4 is 46.4 Å². The third-order valence-electron chi connectivity index (χ3n) is 4.02. The van der Waals surface area contributed by atoms with Gasteiger partial charge in [0.05, 0.1) is 21.7 Å². The Hall–Kier alpha value is -2.04. The highest BCUT2D eigenvalue weighted by Gasteiger charge is 2.35. The molecule has 0 spiro atoms. The fourth-order valence-corrected chi connectivity index (χ4v) is 3.11. The van der Waals surface area contributed by atoms with Crippen LogP contribution in [0.25, 0.3) is 0 Å². The second kappa shape index (κ2) is 6.83. The van der Waals surface area contributed by atoms with E-state index in [1.165, 1.54) is 0 Å². The molecule has 2 aromatic carbocycles. The zero-order chi connectivity index (χ0) is 17.3. The van der Waals surface area contributed by atoms with Gasteiger partial charge in [0.2, 0.25) is 11.8 Å². The van der Waals surface area contributed by atoms with Gasteiger partial charge in [-0.2, -0.15) is 0 Å². The largest absolute Gasteiger partial charge is 0.324 e. The fraction of sp³-hybridized carbons (Fsp3) is 0.222. The van der Waals surface area contributed by atoms with Crippen molar-refractivity contribution in [1.82, 2.24) is 0 Å². The summed E-state index contributed by atoms with van der Waals surface area (Å²) in [7, 11) is 0. The highest BCUT2D eigenvalue weighted by Crippen LogP contribution is 2.31. The van der Waals surface area contributed by atoms with Gasteiger partial charge in [0.25, 0.3) is 0 Å². The maximum Gasteiger partial charge on any atom is 0.229 e. The summed E-state index contributed by atoms with van der Waals surface area (Å²) in [5.74, 6) is -0.714.